The van der Waals surface area contributed by atoms with Crippen LogP contribution in [-0.2, 0) is 5.54 Å². The van der Waals surface area contributed by atoms with Crippen molar-refractivity contribution < 1.29 is 0 Å². The number of allylic oxidation sites excluding steroid dienone is 1. The van der Waals surface area contributed by atoms with Crippen LogP contribution in [-0.4, -0.2) is 6.04 Å². The van der Waals surface area contributed by atoms with Crippen molar-refractivity contribution >= 4 is 0 Å². The molecule has 0 saturated heterocycles. The van der Waals surface area contributed by atoms with Gasteiger partial charge in [-0.15, -0.1) is 0 Å². The molecule has 2 atom stereocenters. The summed E-state index contributed by atoms with van der Waals surface area (Å²) in [5.74, 6) is 0. The molecule has 0 radical (unpaired) electrons. The normalized spacial score (nSPS) is 27.4. The zero-order valence-corrected chi connectivity index (χ0v) is 9.30. The summed E-state index contributed by atoms with van der Waals surface area (Å²) in [6, 6.07) is 8.78. The number of hydrogen-bond acceptors (Lipinski definition) is 4. The average Bonchev–Trinajstić information content (AvgIpc) is 2.34. The first kappa shape index (κ1) is 11.4. The molecule has 17 heavy (non-hydrogen) atoms. The Bertz CT molecular complexity index is 521. The lowest BCUT2D eigenvalue weighted by Crippen LogP contribution is -2.51. The van der Waals surface area contributed by atoms with E-state index in [9.17, 15) is 0 Å². The number of hydrogen-bond donors (Lipinski definition) is 3. The van der Waals surface area contributed by atoms with Gasteiger partial charge >= 0.3 is 0 Å². The van der Waals surface area contributed by atoms with E-state index in [0.717, 1.165) is 5.56 Å². The Morgan fingerprint density at radius 2 is 1.88 bits per heavy atom. The van der Waals surface area contributed by atoms with Crippen LogP contribution in [0.15, 0.2) is 48.2 Å². The maximum absolute atomic E-state index is 8.74. The van der Waals surface area contributed by atoms with Gasteiger partial charge in [-0.3, -0.25) is 0 Å². The van der Waals surface area contributed by atoms with Crippen LogP contribution in [0.5, 0.6) is 0 Å². The molecule has 0 spiro atoms. The molecule has 1 aromatic carbocycles. The first-order chi connectivity index (χ1) is 8.06. The number of rotatable bonds is 1. The van der Waals surface area contributed by atoms with Crippen LogP contribution in [0.1, 0.15) is 11.1 Å². The topological polar surface area (TPSA) is 102 Å². The average molecular weight is 226 g/mol. The molecule has 1 aliphatic carbocycles. The summed E-state index contributed by atoms with van der Waals surface area (Å²) in [5, 5.41) is 8.74. The summed E-state index contributed by atoms with van der Waals surface area (Å²) >= 11 is 0. The second-order valence-corrected chi connectivity index (χ2v) is 4.15. The van der Waals surface area contributed by atoms with Gasteiger partial charge in [0.05, 0.1) is 23.2 Å². The molecular weight excluding hydrogens is 212 g/mol. The highest BCUT2D eigenvalue weighted by atomic mass is 14.9. The molecule has 86 valence electrons. The van der Waals surface area contributed by atoms with Crippen molar-refractivity contribution in [1.82, 2.24) is 0 Å². The van der Waals surface area contributed by atoms with Crippen LogP contribution in [0.3, 0.4) is 0 Å². The van der Waals surface area contributed by atoms with Gasteiger partial charge in [-0.25, -0.2) is 0 Å². The third-order valence-corrected chi connectivity index (χ3v) is 2.99. The number of nitrogens with two attached hydrogens (primary N) is 3. The fourth-order valence-corrected chi connectivity index (χ4v) is 1.87. The lowest BCUT2D eigenvalue weighted by atomic mass is 9.80. The van der Waals surface area contributed by atoms with E-state index in [4.69, 9.17) is 22.5 Å². The van der Waals surface area contributed by atoms with E-state index in [2.05, 4.69) is 6.07 Å². The molecule has 4 heteroatoms. The largest absolute Gasteiger partial charge is 0.399 e. The number of nitrogens with zero attached hydrogens (tertiary/aromatic N) is 1. The lowest BCUT2D eigenvalue weighted by Gasteiger charge is -2.33. The van der Waals surface area contributed by atoms with Crippen LogP contribution >= 0.6 is 0 Å². The van der Waals surface area contributed by atoms with Crippen molar-refractivity contribution in [3.8, 4) is 6.07 Å². The van der Waals surface area contributed by atoms with Crippen molar-refractivity contribution in [2.75, 3.05) is 0 Å². The highest BCUT2D eigenvalue weighted by Crippen LogP contribution is 2.27. The van der Waals surface area contributed by atoms with Gasteiger partial charge in [-0.1, -0.05) is 18.2 Å². The van der Waals surface area contributed by atoms with Gasteiger partial charge in [0.2, 0.25) is 0 Å². The predicted octanol–water partition coefficient (Wildman–Crippen LogP) is 0.452. The zero-order chi connectivity index (χ0) is 12.5. The molecule has 2 unspecified atom stereocenters. The minimum Gasteiger partial charge on any atom is -0.399 e. The Balaban J connectivity index is 2.39. The highest BCUT2D eigenvalue weighted by Gasteiger charge is 2.32. The van der Waals surface area contributed by atoms with E-state index < -0.39 is 5.54 Å². The van der Waals surface area contributed by atoms with Crippen LogP contribution in [0.2, 0.25) is 0 Å². The summed E-state index contributed by atoms with van der Waals surface area (Å²) in [6.45, 7) is 0. The summed E-state index contributed by atoms with van der Waals surface area (Å²) in [4.78, 5) is 0. The maximum atomic E-state index is 8.74. The Labute approximate surface area is 100 Å². The van der Waals surface area contributed by atoms with Gasteiger partial charge in [0.25, 0.3) is 0 Å². The smallest absolute Gasteiger partial charge is 0.0991 e. The number of benzene rings is 1. The Morgan fingerprint density at radius 1 is 1.24 bits per heavy atom. The summed E-state index contributed by atoms with van der Waals surface area (Å²) in [6.07, 6.45) is 5.29. The van der Waals surface area contributed by atoms with Gasteiger partial charge in [0.15, 0.2) is 0 Å². The molecule has 0 aliphatic heterocycles. The summed E-state index contributed by atoms with van der Waals surface area (Å²) in [7, 11) is 0. The molecular formula is C13H14N4. The van der Waals surface area contributed by atoms with Crippen LogP contribution in [0.25, 0.3) is 0 Å². The SMILES string of the molecule is N#Cc1ccc(C2(N)C=CC(N)=CC2N)cc1. The van der Waals surface area contributed by atoms with E-state index in [1.807, 2.05) is 12.1 Å². The van der Waals surface area contributed by atoms with E-state index in [-0.39, 0.29) is 6.04 Å². The molecule has 2 rings (SSSR count). The molecule has 0 bridgehead atoms. The van der Waals surface area contributed by atoms with E-state index in [0.29, 0.717) is 11.3 Å². The minimum atomic E-state index is -0.767. The molecule has 6 N–H and O–H groups in total. The van der Waals surface area contributed by atoms with Crippen molar-refractivity contribution in [1.29, 1.82) is 5.26 Å². The van der Waals surface area contributed by atoms with Gasteiger partial charge in [-0.2, -0.15) is 5.26 Å². The zero-order valence-electron chi connectivity index (χ0n) is 9.30. The minimum absolute atomic E-state index is 0.375. The van der Waals surface area contributed by atoms with Crippen molar-refractivity contribution in [3.63, 3.8) is 0 Å². The predicted molar refractivity (Wildman–Crippen MR) is 66.4 cm³/mol. The summed E-state index contributed by atoms with van der Waals surface area (Å²) < 4.78 is 0. The molecule has 1 aromatic rings. The molecule has 0 fully saturated rings. The third-order valence-electron chi connectivity index (χ3n) is 2.99. The molecule has 0 amide bonds. The van der Waals surface area contributed by atoms with E-state index in [1.165, 1.54) is 0 Å². The standard InChI is InChI=1S/C13H14N4/c14-8-9-1-3-10(4-2-9)13(17)6-5-11(15)7-12(13)16/h1-7,12H,15-17H2. The second-order valence-electron chi connectivity index (χ2n) is 4.15. The van der Waals surface area contributed by atoms with E-state index in [1.54, 1.807) is 30.4 Å². The first-order valence-corrected chi connectivity index (χ1v) is 5.28. The first-order valence-electron chi connectivity index (χ1n) is 5.28. The van der Waals surface area contributed by atoms with Crippen LogP contribution in [0, 0.1) is 11.3 Å². The molecule has 4 nitrogen and oxygen atoms in total. The maximum Gasteiger partial charge on any atom is 0.0991 e. The van der Waals surface area contributed by atoms with Crippen LogP contribution < -0.4 is 17.2 Å². The Morgan fingerprint density at radius 3 is 2.41 bits per heavy atom. The van der Waals surface area contributed by atoms with Crippen molar-refractivity contribution in [2.24, 2.45) is 17.2 Å². The number of nitriles is 1. The van der Waals surface area contributed by atoms with Gasteiger partial charge < -0.3 is 17.2 Å². The fraction of sp³-hybridized carbons (Fsp3) is 0.154. The molecule has 0 heterocycles. The molecule has 0 aromatic heterocycles. The Hall–Kier alpha value is -2.09. The van der Waals surface area contributed by atoms with Crippen LogP contribution in [0.4, 0.5) is 0 Å². The van der Waals surface area contributed by atoms with Gasteiger partial charge in [0, 0.05) is 5.70 Å². The molecule has 1 aliphatic rings. The third kappa shape index (κ3) is 1.94. The quantitative estimate of drug-likeness (QED) is 0.647. The highest BCUT2D eigenvalue weighted by molar-refractivity contribution is 5.42. The Kier molecular flexibility index (Phi) is 2.72. The van der Waals surface area contributed by atoms with Gasteiger partial charge in [-0.05, 0) is 29.8 Å². The van der Waals surface area contributed by atoms with Crippen molar-refractivity contribution in [2.45, 2.75) is 11.6 Å². The second kappa shape index (κ2) is 4.06. The van der Waals surface area contributed by atoms with Crippen molar-refractivity contribution in [3.05, 3.63) is 59.3 Å². The fourth-order valence-electron chi connectivity index (χ4n) is 1.87. The monoisotopic (exact) mass is 226 g/mol. The molecule has 0 saturated carbocycles. The lowest BCUT2D eigenvalue weighted by molar-refractivity contribution is 0.489. The summed E-state index contributed by atoms with van der Waals surface area (Å²) in [5.41, 5.74) is 19.3. The van der Waals surface area contributed by atoms with Gasteiger partial charge in [0.1, 0.15) is 0 Å². The van der Waals surface area contributed by atoms with E-state index >= 15 is 0 Å².